The van der Waals surface area contributed by atoms with E-state index in [1.165, 1.54) is 12.8 Å². The first kappa shape index (κ1) is 8.02. The quantitative estimate of drug-likeness (QED) is 0.571. The molecule has 2 heteroatoms. The summed E-state index contributed by atoms with van der Waals surface area (Å²) in [5.74, 6) is 0. The maximum absolute atomic E-state index is 9.49. The smallest absolute Gasteiger partial charge is 0.0693 e. The highest BCUT2D eigenvalue weighted by molar-refractivity contribution is 4.77. The number of rotatable bonds is 1. The molecule has 1 aliphatic heterocycles. The molecule has 0 aromatic carbocycles. The van der Waals surface area contributed by atoms with Crippen molar-refractivity contribution in [3.63, 3.8) is 0 Å². The van der Waals surface area contributed by atoms with E-state index in [0.717, 1.165) is 19.4 Å². The Labute approximate surface area is 62.6 Å². The van der Waals surface area contributed by atoms with Gasteiger partial charge in [-0.2, -0.15) is 0 Å². The third-order valence-electron chi connectivity index (χ3n) is 2.24. The van der Waals surface area contributed by atoms with E-state index in [4.69, 9.17) is 0 Å². The van der Waals surface area contributed by atoms with E-state index < -0.39 is 0 Å². The summed E-state index contributed by atoms with van der Waals surface area (Å²) >= 11 is 0. The van der Waals surface area contributed by atoms with Gasteiger partial charge in [-0.1, -0.05) is 6.92 Å². The van der Waals surface area contributed by atoms with Crippen LogP contribution < -0.4 is 5.32 Å². The third-order valence-corrected chi connectivity index (χ3v) is 2.24. The molecule has 1 saturated heterocycles. The van der Waals surface area contributed by atoms with Crippen molar-refractivity contribution in [3.05, 3.63) is 0 Å². The Morgan fingerprint density at radius 3 is 3.00 bits per heavy atom. The van der Waals surface area contributed by atoms with E-state index in [1.54, 1.807) is 0 Å². The van der Waals surface area contributed by atoms with Gasteiger partial charge in [-0.3, -0.25) is 0 Å². The van der Waals surface area contributed by atoms with Crippen LogP contribution in [0.4, 0.5) is 0 Å². The molecule has 10 heavy (non-hydrogen) atoms. The number of aliphatic hydroxyl groups excluding tert-OH is 1. The SMILES string of the molecule is CC[C@H]1NCCCC[C@H]1O. The van der Waals surface area contributed by atoms with Gasteiger partial charge >= 0.3 is 0 Å². The van der Waals surface area contributed by atoms with Crippen LogP contribution in [0.15, 0.2) is 0 Å². The van der Waals surface area contributed by atoms with E-state index >= 15 is 0 Å². The summed E-state index contributed by atoms with van der Waals surface area (Å²) in [6, 6.07) is 0.350. The molecule has 0 aromatic rings. The summed E-state index contributed by atoms with van der Waals surface area (Å²) < 4.78 is 0. The monoisotopic (exact) mass is 143 g/mol. The van der Waals surface area contributed by atoms with E-state index in [1.807, 2.05) is 0 Å². The fraction of sp³-hybridized carbons (Fsp3) is 1.00. The van der Waals surface area contributed by atoms with Crippen molar-refractivity contribution in [2.24, 2.45) is 0 Å². The minimum absolute atomic E-state index is 0.104. The number of hydrogen-bond acceptors (Lipinski definition) is 2. The molecule has 1 rings (SSSR count). The minimum Gasteiger partial charge on any atom is -0.392 e. The molecule has 1 heterocycles. The predicted molar refractivity (Wildman–Crippen MR) is 41.9 cm³/mol. The molecule has 0 saturated carbocycles. The van der Waals surface area contributed by atoms with Gasteiger partial charge in [-0.15, -0.1) is 0 Å². The fourth-order valence-corrected chi connectivity index (χ4v) is 1.52. The molecule has 2 nitrogen and oxygen atoms in total. The van der Waals surface area contributed by atoms with E-state index in [0.29, 0.717) is 6.04 Å². The van der Waals surface area contributed by atoms with Crippen LogP contribution in [0.5, 0.6) is 0 Å². The summed E-state index contributed by atoms with van der Waals surface area (Å²) in [5.41, 5.74) is 0. The zero-order valence-electron chi connectivity index (χ0n) is 6.64. The summed E-state index contributed by atoms with van der Waals surface area (Å²) in [5, 5.41) is 12.8. The average molecular weight is 143 g/mol. The third kappa shape index (κ3) is 1.96. The Morgan fingerprint density at radius 1 is 1.50 bits per heavy atom. The first-order valence-electron chi connectivity index (χ1n) is 4.26. The van der Waals surface area contributed by atoms with Gasteiger partial charge in [0.2, 0.25) is 0 Å². The topological polar surface area (TPSA) is 32.3 Å². The zero-order valence-corrected chi connectivity index (χ0v) is 6.64. The Kier molecular flexibility index (Phi) is 3.16. The van der Waals surface area contributed by atoms with Gasteiger partial charge in [-0.05, 0) is 32.2 Å². The molecule has 1 fully saturated rings. The van der Waals surface area contributed by atoms with Gasteiger partial charge in [0.15, 0.2) is 0 Å². The van der Waals surface area contributed by atoms with Crippen LogP contribution in [-0.4, -0.2) is 23.8 Å². The Balaban J connectivity index is 2.35. The Bertz CT molecular complexity index is 95.3. The van der Waals surface area contributed by atoms with Crippen LogP contribution in [0.1, 0.15) is 32.6 Å². The molecule has 1 aliphatic rings. The van der Waals surface area contributed by atoms with Crippen molar-refractivity contribution in [1.29, 1.82) is 0 Å². The van der Waals surface area contributed by atoms with Crippen molar-refractivity contribution >= 4 is 0 Å². The van der Waals surface area contributed by atoms with Crippen LogP contribution in [0.2, 0.25) is 0 Å². The number of aliphatic hydroxyl groups is 1. The zero-order chi connectivity index (χ0) is 7.40. The molecule has 0 unspecified atom stereocenters. The average Bonchev–Trinajstić information content (AvgIpc) is 2.13. The molecule has 0 bridgehead atoms. The summed E-state index contributed by atoms with van der Waals surface area (Å²) in [6.45, 7) is 3.20. The fourth-order valence-electron chi connectivity index (χ4n) is 1.52. The largest absolute Gasteiger partial charge is 0.392 e. The molecule has 0 aliphatic carbocycles. The molecule has 60 valence electrons. The standard InChI is InChI=1S/C8H17NO/c1-2-7-8(10)5-3-4-6-9-7/h7-10H,2-6H2,1H3/t7-,8-/m1/s1. The maximum atomic E-state index is 9.49. The van der Waals surface area contributed by atoms with Crippen LogP contribution in [0.3, 0.4) is 0 Å². The number of hydrogen-bond donors (Lipinski definition) is 2. The van der Waals surface area contributed by atoms with Crippen molar-refractivity contribution in [2.45, 2.75) is 44.8 Å². The molecular formula is C8H17NO. The van der Waals surface area contributed by atoms with E-state index in [9.17, 15) is 5.11 Å². The Hall–Kier alpha value is -0.0800. The maximum Gasteiger partial charge on any atom is 0.0693 e. The first-order valence-corrected chi connectivity index (χ1v) is 4.26. The molecule has 0 aromatic heterocycles. The molecule has 2 atom stereocenters. The number of nitrogens with one attached hydrogen (secondary N) is 1. The van der Waals surface area contributed by atoms with Gasteiger partial charge in [0.05, 0.1) is 6.10 Å². The molecular weight excluding hydrogens is 126 g/mol. The van der Waals surface area contributed by atoms with Crippen LogP contribution in [0.25, 0.3) is 0 Å². The van der Waals surface area contributed by atoms with Crippen molar-refractivity contribution in [3.8, 4) is 0 Å². The van der Waals surface area contributed by atoms with Gasteiger partial charge in [0.1, 0.15) is 0 Å². The summed E-state index contributed by atoms with van der Waals surface area (Å²) in [4.78, 5) is 0. The van der Waals surface area contributed by atoms with Crippen molar-refractivity contribution < 1.29 is 5.11 Å². The lowest BCUT2D eigenvalue weighted by molar-refractivity contribution is 0.124. The van der Waals surface area contributed by atoms with Crippen LogP contribution in [-0.2, 0) is 0 Å². The lowest BCUT2D eigenvalue weighted by Gasteiger charge is -2.18. The molecule has 0 radical (unpaired) electrons. The summed E-state index contributed by atoms with van der Waals surface area (Å²) in [7, 11) is 0. The Morgan fingerprint density at radius 2 is 2.30 bits per heavy atom. The van der Waals surface area contributed by atoms with Gasteiger partial charge in [0, 0.05) is 6.04 Å². The highest BCUT2D eigenvalue weighted by Gasteiger charge is 2.18. The van der Waals surface area contributed by atoms with Gasteiger partial charge < -0.3 is 10.4 Å². The van der Waals surface area contributed by atoms with Gasteiger partial charge in [-0.25, -0.2) is 0 Å². The van der Waals surface area contributed by atoms with Crippen LogP contribution in [0, 0.1) is 0 Å². The van der Waals surface area contributed by atoms with Gasteiger partial charge in [0.25, 0.3) is 0 Å². The van der Waals surface area contributed by atoms with Crippen LogP contribution >= 0.6 is 0 Å². The van der Waals surface area contributed by atoms with Crippen molar-refractivity contribution in [2.75, 3.05) is 6.54 Å². The highest BCUT2D eigenvalue weighted by atomic mass is 16.3. The molecule has 0 spiro atoms. The lowest BCUT2D eigenvalue weighted by Crippen LogP contribution is -2.37. The summed E-state index contributed by atoms with van der Waals surface area (Å²) in [6.07, 6.45) is 4.30. The van der Waals surface area contributed by atoms with Crippen molar-refractivity contribution in [1.82, 2.24) is 5.32 Å². The predicted octanol–water partition coefficient (Wildman–Crippen LogP) is 0.899. The second-order valence-corrected chi connectivity index (χ2v) is 3.03. The lowest BCUT2D eigenvalue weighted by atomic mass is 10.1. The van der Waals surface area contributed by atoms with E-state index in [2.05, 4.69) is 12.2 Å². The minimum atomic E-state index is -0.104. The second-order valence-electron chi connectivity index (χ2n) is 3.03. The van der Waals surface area contributed by atoms with E-state index in [-0.39, 0.29) is 6.10 Å². The normalized spacial score (nSPS) is 35.4. The molecule has 0 amide bonds. The first-order chi connectivity index (χ1) is 4.84. The second kappa shape index (κ2) is 3.94. The molecule has 2 N–H and O–H groups in total. The highest BCUT2D eigenvalue weighted by Crippen LogP contribution is 2.11.